The summed E-state index contributed by atoms with van der Waals surface area (Å²) >= 11 is 0. The van der Waals surface area contributed by atoms with Crippen LogP contribution in [0.3, 0.4) is 0 Å². The number of aromatic nitrogens is 2. The van der Waals surface area contributed by atoms with E-state index >= 15 is 0 Å². The predicted molar refractivity (Wildman–Crippen MR) is 133 cm³/mol. The van der Waals surface area contributed by atoms with Gasteiger partial charge in [-0.25, -0.2) is 22.2 Å². The van der Waals surface area contributed by atoms with Crippen LogP contribution < -0.4 is 14.8 Å². The number of ether oxygens (including phenoxy) is 2. The number of benzene rings is 3. The lowest BCUT2D eigenvalue weighted by Gasteiger charge is -2.17. The Kier molecular flexibility index (Phi) is 6.92. The topological polar surface area (TPSA) is 120 Å². The molecule has 1 amide bonds. The third-order valence-electron chi connectivity index (χ3n) is 6.27. The number of carbonyl (C=O) groups excluding carboxylic acids is 1. The Labute approximate surface area is 224 Å². The summed E-state index contributed by atoms with van der Waals surface area (Å²) in [4.78, 5) is 17.0. The van der Waals surface area contributed by atoms with Crippen molar-refractivity contribution < 1.29 is 45.4 Å². The number of alkyl halides is 4. The molecule has 0 unspecified atom stereocenters. The van der Waals surface area contributed by atoms with Crippen molar-refractivity contribution in [3.63, 3.8) is 0 Å². The number of halogens is 4. The Morgan fingerprint density at radius 2 is 1.82 bits per heavy atom. The molecule has 0 saturated heterocycles. The summed E-state index contributed by atoms with van der Waals surface area (Å²) in [5.41, 5.74) is 0.925. The summed E-state index contributed by atoms with van der Waals surface area (Å²) in [6.45, 7) is -0.789. The minimum absolute atomic E-state index is 0.0519. The summed E-state index contributed by atoms with van der Waals surface area (Å²) in [6.07, 6.45) is -5.85. The highest BCUT2D eigenvalue weighted by molar-refractivity contribution is 7.90. The van der Waals surface area contributed by atoms with Crippen LogP contribution in [-0.2, 0) is 16.4 Å². The molecule has 0 saturated carbocycles. The summed E-state index contributed by atoms with van der Waals surface area (Å²) in [5, 5.41) is 12.4. The lowest BCUT2D eigenvalue weighted by atomic mass is 10.1. The van der Waals surface area contributed by atoms with Gasteiger partial charge >= 0.3 is 6.29 Å². The second-order valence-corrected chi connectivity index (χ2v) is 11.0. The Morgan fingerprint density at radius 1 is 1.10 bits per heavy atom. The number of para-hydroxylation sites is 1. The standard InChI is InChI=1S/C26H21F4N3O6S/c1-40(36,37)17-8-5-14(6-9-17)19(13-34)32-25(35)15-7-10-20-18(11-15)31-24(23(27)28)33(20)12-16-3-2-4-21-22(16)39-26(29,30)38-21/h2-11,19,23,34H,12-13H2,1H3,(H,32,35)/t19-/m0/s1. The number of fused-ring (bicyclic) bond motifs is 2. The number of nitrogens with zero attached hydrogens (tertiary/aromatic N) is 2. The van der Waals surface area contributed by atoms with Gasteiger partial charge in [0.1, 0.15) is 0 Å². The van der Waals surface area contributed by atoms with Crippen molar-refractivity contribution in [2.24, 2.45) is 0 Å². The maximum Gasteiger partial charge on any atom is 0.586 e. The fourth-order valence-corrected chi connectivity index (χ4v) is 5.00. The normalized spacial score (nSPS) is 15.0. The summed E-state index contributed by atoms with van der Waals surface area (Å²) < 4.78 is 88.6. The van der Waals surface area contributed by atoms with Crippen molar-refractivity contribution in [2.45, 2.75) is 30.2 Å². The maximum atomic E-state index is 13.9. The van der Waals surface area contributed by atoms with E-state index in [0.717, 1.165) is 10.8 Å². The van der Waals surface area contributed by atoms with E-state index in [2.05, 4.69) is 19.8 Å². The van der Waals surface area contributed by atoms with Crippen molar-refractivity contribution in [2.75, 3.05) is 12.9 Å². The minimum atomic E-state index is -3.88. The van der Waals surface area contributed by atoms with E-state index in [0.29, 0.717) is 5.56 Å². The van der Waals surface area contributed by atoms with Crippen molar-refractivity contribution in [3.8, 4) is 11.5 Å². The zero-order valence-electron chi connectivity index (χ0n) is 20.6. The van der Waals surface area contributed by atoms with Gasteiger partial charge in [0.2, 0.25) is 0 Å². The summed E-state index contributed by atoms with van der Waals surface area (Å²) in [7, 11) is -3.43. The van der Waals surface area contributed by atoms with E-state index in [1.54, 1.807) is 0 Å². The number of carbonyl (C=O) groups is 1. The van der Waals surface area contributed by atoms with Gasteiger partial charge in [-0.3, -0.25) is 4.79 Å². The van der Waals surface area contributed by atoms with E-state index in [4.69, 9.17) is 0 Å². The molecule has 40 heavy (non-hydrogen) atoms. The first-order valence-corrected chi connectivity index (χ1v) is 13.6. The number of aliphatic hydroxyl groups is 1. The molecule has 1 aromatic heterocycles. The molecule has 9 nitrogen and oxygen atoms in total. The first kappa shape index (κ1) is 27.4. The molecule has 1 aliphatic rings. The Balaban J connectivity index is 1.42. The maximum absolute atomic E-state index is 13.9. The second-order valence-electron chi connectivity index (χ2n) is 9.02. The lowest BCUT2D eigenvalue weighted by molar-refractivity contribution is -0.287. The van der Waals surface area contributed by atoms with E-state index in [-0.39, 0.29) is 45.1 Å². The molecule has 1 aliphatic heterocycles. The van der Waals surface area contributed by atoms with E-state index < -0.39 is 46.9 Å². The molecular formula is C26H21F4N3O6S. The van der Waals surface area contributed by atoms with Crippen molar-refractivity contribution in [1.29, 1.82) is 0 Å². The smallest absolute Gasteiger partial charge is 0.395 e. The molecule has 1 atom stereocenters. The van der Waals surface area contributed by atoms with Crippen LogP contribution in [-0.4, -0.2) is 48.1 Å². The van der Waals surface area contributed by atoms with Crippen molar-refractivity contribution in [1.82, 2.24) is 14.9 Å². The number of nitrogens with one attached hydrogen (secondary N) is 1. The van der Waals surface area contributed by atoms with Crippen molar-refractivity contribution >= 4 is 26.8 Å². The molecule has 3 aromatic carbocycles. The van der Waals surface area contributed by atoms with Gasteiger partial charge in [0.05, 0.1) is 35.1 Å². The number of imidazole rings is 1. The monoisotopic (exact) mass is 579 g/mol. The number of aliphatic hydroxyl groups excluding tert-OH is 1. The number of amides is 1. The Morgan fingerprint density at radius 3 is 2.48 bits per heavy atom. The molecule has 0 fully saturated rings. The van der Waals surface area contributed by atoms with Crippen LogP contribution in [0.25, 0.3) is 11.0 Å². The zero-order chi connectivity index (χ0) is 28.8. The largest absolute Gasteiger partial charge is 0.586 e. The molecule has 5 rings (SSSR count). The second kappa shape index (κ2) is 10.1. The third-order valence-corrected chi connectivity index (χ3v) is 7.40. The minimum Gasteiger partial charge on any atom is -0.395 e. The molecule has 210 valence electrons. The van der Waals surface area contributed by atoms with E-state index in [1.165, 1.54) is 60.7 Å². The van der Waals surface area contributed by atoms with Crippen LogP contribution in [0.2, 0.25) is 0 Å². The summed E-state index contributed by atoms with van der Waals surface area (Å²) in [6, 6.07) is 12.9. The molecule has 2 heterocycles. The highest BCUT2D eigenvalue weighted by Crippen LogP contribution is 2.44. The number of hydrogen-bond donors (Lipinski definition) is 2. The van der Waals surface area contributed by atoms with Crippen molar-refractivity contribution in [3.05, 3.63) is 83.2 Å². The van der Waals surface area contributed by atoms with Gasteiger partial charge in [-0.15, -0.1) is 8.78 Å². The Hall–Kier alpha value is -4.17. The van der Waals surface area contributed by atoms with Gasteiger partial charge in [-0.05, 0) is 42.0 Å². The van der Waals surface area contributed by atoms with Gasteiger partial charge in [0.15, 0.2) is 27.2 Å². The SMILES string of the molecule is CS(=O)(=O)c1ccc([C@H](CO)NC(=O)c2ccc3c(c2)nc(C(F)F)n3Cc2cccc3c2OC(F)(F)O3)cc1. The first-order chi connectivity index (χ1) is 18.9. The first-order valence-electron chi connectivity index (χ1n) is 11.7. The fraction of sp³-hybridized carbons (Fsp3) is 0.231. The molecular weight excluding hydrogens is 558 g/mol. The highest BCUT2D eigenvalue weighted by Gasteiger charge is 2.44. The molecule has 4 aromatic rings. The Bertz CT molecular complexity index is 1710. The average molecular weight is 580 g/mol. The molecule has 0 spiro atoms. The highest BCUT2D eigenvalue weighted by atomic mass is 32.2. The fourth-order valence-electron chi connectivity index (χ4n) is 4.37. The zero-order valence-corrected chi connectivity index (χ0v) is 21.5. The molecule has 2 N–H and O–H groups in total. The molecule has 0 radical (unpaired) electrons. The lowest BCUT2D eigenvalue weighted by Crippen LogP contribution is -2.30. The summed E-state index contributed by atoms with van der Waals surface area (Å²) in [5.74, 6) is -1.79. The van der Waals surface area contributed by atoms with Gasteiger partial charge < -0.3 is 24.5 Å². The van der Waals surface area contributed by atoms with E-state index in [9.17, 15) is 35.9 Å². The van der Waals surface area contributed by atoms with Crippen LogP contribution in [0.15, 0.2) is 65.6 Å². The molecule has 0 bridgehead atoms. The number of rotatable bonds is 8. The van der Waals surface area contributed by atoms with Gasteiger partial charge in [-0.1, -0.05) is 24.3 Å². The quantitative estimate of drug-likeness (QED) is 0.300. The number of sulfone groups is 1. The van der Waals surface area contributed by atoms with Gasteiger partial charge in [-0.2, -0.15) is 0 Å². The van der Waals surface area contributed by atoms with Crippen LogP contribution in [0.1, 0.15) is 39.8 Å². The third kappa shape index (κ3) is 5.31. The van der Waals surface area contributed by atoms with Crippen LogP contribution in [0.5, 0.6) is 11.5 Å². The predicted octanol–water partition coefficient (Wildman–Crippen LogP) is 4.21. The van der Waals surface area contributed by atoms with Gasteiger partial charge in [0.25, 0.3) is 12.3 Å². The van der Waals surface area contributed by atoms with E-state index in [1.807, 2.05) is 0 Å². The van der Waals surface area contributed by atoms with Gasteiger partial charge in [0, 0.05) is 17.4 Å². The van der Waals surface area contributed by atoms with Crippen LogP contribution in [0, 0.1) is 0 Å². The average Bonchev–Trinajstić information content (AvgIpc) is 3.42. The van der Waals surface area contributed by atoms with Crippen LogP contribution >= 0.6 is 0 Å². The molecule has 0 aliphatic carbocycles. The molecule has 14 heteroatoms. The van der Waals surface area contributed by atoms with Crippen LogP contribution in [0.4, 0.5) is 17.6 Å². The number of hydrogen-bond acceptors (Lipinski definition) is 7.